The van der Waals surface area contributed by atoms with E-state index in [0.29, 0.717) is 24.3 Å². The van der Waals surface area contributed by atoms with Gasteiger partial charge in [-0.25, -0.2) is 0 Å². The number of carbonyl (C=O) groups is 1. The predicted molar refractivity (Wildman–Crippen MR) is 79.1 cm³/mol. The van der Waals surface area contributed by atoms with E-state index in [0.717, 1.165) is 5.56 Å². The number of hydrogen-bond donors (Lipinski definition) is 1. The van der Waals surface area contributed by atoms with Gasteiger partial charge in [-0.1, -0.05) is 6.07 Å². The lowest BCUT2D eigenvalue weighted by molar-refractivity contribution is -0.0512. The van der Waals surface area contributed by atoms with Crippen molar-refractivity contribution in [1.29, 1.82) is 0 Å². The van der Waals surface area contributed by atoms with Gasteiger partial charge in [0, 0.05) is 6.54 Å². The van der Waals surface area contributed by atoms with Gasteiger partial charge in [0.25, 0.3) is 5.91 Å². The van der Waals surface area contributed by atoms with Gasteiger partial charge < -0.3 is 19.2 Å². The molecular weight excluding hydrogens is 308 g/mol. The lowest BCUT2D eigenvalue weighted by Crippen LogP contribution is -2.25. The van der Waals surface area contributed by atoms with Crippen molar-refractivity contribution in [2.75, 3.05) is 13.7 Å². The molecule has 2 aromatic rings. The molecule has 0 spiro atoms. The van der Waals surface area contributed by atoms with Crippen molar-refractivity contribution >= 4 is 5.91 Å². The molecule has 0 aliphatic rings. The monoisotopic (exact) mass is 325 g/mol. The van der Waals surface area contributed by atoms with Crippen LogP contribution in [0, 0.1) is 6.92 Å². The Morgan fingerprint density at radius 2 is 2.09 bits per heavy atom. The molecule has 1 amide bonds. The summed E-state index contributed by atoms with van der Waals surface area (Å²) in [7, 11) is 1.38. The van der Waals surface area contributed by atoms with Gasteiger partial charge in [-0.3, -0.25) is 4.79 Å². The maximum atomic E-state index is 12.3. The Bertz CT molecular complexity index is 670. The molecule has 1 aromatic carbocycles. The number of ether oxygens (including phenoxy) is 2. The van der Waals surface area contributed by atoms with E-state index in [2.05, 4.69) is 10.1 Å². The quantitative estimate of drug-likeness (QED) is 0.849. The Balaban J connectivity index is 1.93. The van der Waals surface area contributed by atoms with Crippen LogP contribution in [0.1, 0.15) is 21.7 Å². The minimum Gasteiger partial charge on any atom is -0.493 e. The normalized spacial score (nSPS) is 10.7. The molecule has 0 fully saturated rings. The summed E-state index contributed by atoms with van der Waals surface area (Å²) < 4.78 is 39.0. The van der Waals surface area contributed by atoms with Crippen LogP contribution in [0.5, 0.6) is 11.5 Å². The Labute approximate surface area is 132 Å². The van der Waals surface area contributed by atoms with Crippen molar-refractivity contribution in [2.24, 2.45) is 0 Å². The number of benzene rings is 1. The molecule has 0 saturated heterocycles. The molecule has 0 atom stereocenters. The van der Waals surface area contributed by atoms with Crippen molar-refractivity contribution in [3.63, 3.8) is 0 Å². The largest absolute Gasteiger partial charge is 0.493 e. The molecular formula is C16H17F2NO4. The zero-order valence-corrected chi connectivity index (χ0v) is 12.8. The topological polar surface area (TPSA) is 60.7 Å². The molecule has 23 heavy (non-hydrogen) atoms. The lowest BCUT2D eigenvalue weighted by Gasteiger charge is -2.11. The number of alkyl halides is 2. The second-order valence-corrected chi connectivity index (χ2v) is 4.76. The second kappa shape index (κ2) is 7.62. The van der Waals surface area contributed by atoms with Crippen LogP contribution < -0.4 is 14.8 Å². The van der Waals surface area contributed by atoms with Crippen LogP contribution in [-0.4, -0.2) is 26.2 Å². The van der Waals surface area contributed by atoms with Crippen molar-refractivity contribution in [1.82, 2.24) is 5.32 Å². The van der Waals surface area contributed by atoms with E-state index in [1.54, 1.807) is 25.1 Å². The van der Waals surface area contributed by atoms with Crippen molar-refractivity contribution in [3.8, 4) is 11.5 Å². The van der Waals surface area contributed by atoms with E-state index >= 15 is 0 Å². The fourth-order valence-electron chi connectivity index (χ4n) is 2.10. The number of halogens is 2. The van der Waals surface area contributed by atoms with Gasteiger partial charge in [-0.15, -0.1) is 0 Å². The van der Waals surface area contributed by atoms with E-state index in [4.69, 9.17) is 9.15 Å². The maximum Gasteiger partial charge on any atom is 0.387 e. The van der Waals surface area contributed by atoms with Crippen molar-refractivity contribution in [3.05, 3.63) is 47.4 Å². The molecule has 5 nitrogen and oxygen atoms in total. The maximum absolute atomic E-state index is 12.3. The van der Waals surface area contributed by atoms with Crippen LogP contribution in [0.3, 0.4) is 0 Å². The van der Waals surface area contributed by atoms with E-state index in [1.165, 1.54) is 19.4 Å². The minimum absolute atomic E-state index is 0.0238. The van der Waals surface area contributed by atoms with Crippen LogP contribution in [0.4, 0.5) is 8.78 Å². The third-order valence-corrected chi connectivity index (χ3v) is 3.25. The van der Waals surface area contributed by atoms with Crippen LogP contribution in [0.2, 0.25) is 0 Å². The molecule has 124 valence electrons. The Kier molecular flexibility index (Phi) is 5.56. The highest BCUT2D eigenvalue weighted by molar-refractivity contribution is 5.95. The molecule has 1 aromatic heterocycles. The van der Waals surface area contributed by atoms with Gasteiger partial charge in [-0.2, -0.15) is 8.78 Å². The summed E-state index contributed by atoms with van der Waals surface area (Å²) in [5, 5.41) is 2.77. The molecule has 0 radical (unpaired) electrons. The van der Waals surface area contributed by atoms with Gasteiger partial charge in [-0.05, 0) is 37.1 Å². The summed E-state index contributed by atoms with van der Waals surface area (Å²) in [5.74, 6) is 0.530. The van der Waals surface area contributed by atoms with E-state index in [1.807, 2.05) is 0 Å². The molecule has 1 N–H and O–H groups in total. The molecule has 7 heteroatoms. The number of methoxy groups -OCH3 is 1. The van der Waals surface area contributed by atoms with Crippen LogP contribution in [-0.2, 0) is 6.42 Å². The van der Waals surface area contributed by atoms with Gasteiger partial charge in [0.15, 0.2) is 11.5 Å². The SMILES string of the molecule is COc1cc(CCNC(=O)c2ccoc2C)ccc1OC(F)F. The van der Waals surface area contributed by atoms with E-state index in [-0.39, 0.29) is 17.4 Å². The average Bonchev–Trinajstić information content (AvgIpc) is 2.94. The summed E-state index contributed by atoms with van der Waals surface area (Å²) in [5.41, 5.74) is 1.32. The highest BCUT2D eigenvalue weighted by Gasteiger charge is 2.12. The Morgan fingerprint density at radius 3 is 2.70 bits per heavy atom. The fraction of sp³-hybridized carbons (Fsp3) is 0.312. The number of carbonyl (C=O) groups excluding carboxylic acids is 1. The predicted octanol–water partition coefficient (Wildman–Crippen LogP) is 3.17. The fourth-order valence-corrected chi connectivity index (χ4v) is 2.10. The smallest absolute Gasteiger partial charge is 0.387 e. The average molecular weight is 325 g/mol. The Hall–Kier alpha value is -2.57. The molecule has 0 unspecified atom stereocenters. The van der Waals surface area contributed by atoms with Gasteiger partial charge in [0.1, 0.15) is 5.76 Å². The van der Waals surface area contributed by atoms with Crippen LogP contribution in [0.25, 0.3) is 0 Å². The molecule has 2 rings (SSSR count). The lowest BCUT2D eigenvalue weighted by atomic mass is 10.1. The summed E-state index contributed by atoms with van der Waals surface area (Å²) >= 11 is 0. The zero-order valence-electron chi connectivity index (χ0n) is 12.8. The second-order valence-electron chi connectivity index (χ2n) is 4.76. The summed E-state index contributed by atoms with van der Waals surface area (Å²) in [6.07, 6.45) is 1.98. The van der Waals surface area contributed by atoms with Gasteiger partial charge in [0.05, 0.1) is 18.9 Å². The highest BCUT2D eigenvalue weighted by Crippen LogP contribution is 2.29. The first-order chi connectivity index (χ1) is 11.0. The van der Waals surface area contributed by atoms with E-state index < -0.39 is 6.61 Å². The number of hydrogen-bond acceptors (Lipinski definition) is 4. The highest BCUT2D eigenvalue weighted by atomic mass is 19.3. The summed E-state index contributed by atoms with van der Waals surface area (Å²) in [6, 6.07) is 6.27. The van der Waals surface area contributed by atoms with Crippen LogP contribution >= 0.6 is 0 Å². The number of rotatable bonds is 7. The minimum atomic E-state index is -2.91. The van der Waals surface area contributed by atoms with Crippen molar-refractivity contribution < 1.29 is 27.5 Å². The molecule has 1 heterocycles. The number of furan rings is 1. The third-order valence-electron chi connectivity index (χ3n) is 3.25. The third kappa shape index (κ3) is 4.45. The van der Waals surface area contributed by atoms with E-state index in [9.17, 15) is 13.6 Å². The molecule has 0 bridgehead atoms. The van der Waals surface area contributed by atoms with Gasteiger partial charge >= 0.3 is 6.61 Å². The standard InChI is InChI=1S/C16H17F2NO4/c1-10-12(6-8-22-10)15(20)19-7-5-11-3-4-13(23-16(17)18)14(9-11)21-2/h3-4,6,8-9,16H,5,7H2,1-2H3,(H,19,20). The zero-order chi connectivity index (χ0) is 16.8. The number of aryl methyl sites for hydroxylation is 1. The molecule has 0 aliphatic carbocycles. The number of nitrogens with one attached hydrogen (secondary N) is 1. The van der Waals surface area contributed by atoms with Crippen LogP contribution in [0.15, 0.2) is 34.9 Å². The first-order valence-electron chi connectivity index (χ1n) is 6.95. The Morgan fingerprint density at radius 1 is 1.30 bits per heavy atom. The summed E-state index contributed by atoms with van der Waals surface area (Å²) in [6.45, 7) is -0.810. The molecule has 0 saturated carbocycles. The first-order valence-corrected chi connectivity index (χ1v) is 6.95. The van der Waals surface area contributed by atoms with Gasteiger partial charge in [0.2, 0.25) is 0 Å². The number of amides is 1. The first kappa shape index (κ1) is 16.8. The molecule has 0 aliphatic heterocycles. The van der Waals surface area contributed by atoms with Crippen molar-refractivity contribution in [2.45, 2.75) is 20.0 Å². The summed E-state index contributed by atoms with van der Waals surface area (Å²) in [4.78, 5) is 11.9.